The van der Waals surface area contributed by atoms with Crippen molar-refractivity contribution in [3.05, 3.63) is 107 Å². The van der Waals surface area contributed by atoms with Gasteiger partial charge < -0.3 is 5.11 Å². The quantitative estimate of drug-likeness (QED) is 0.702. The minimum absolute atomic E-state index is 0.0631. The second-order valence-electron chi connectivity index (χ2n) is 6.93. The van der Waals surface area contributed by atoms with Gasteiger partial charge in [-0.05, 0) is 47.7 Å². The monoisotopic (exact) mass is 349 g/mol. The lowest BCUT2D eigenvalue weighted by molar-refractivity contribution is 0.0733. The topological polar surface area (TPSA) is 44.0 Å². The molecule has 1 fully saturated rings. The summed E-state index contributed by atoms with van der Waals surface area (Å²) in [6.07, 6.45) is 0.914. The van der Waals surface area contributed by atoms with E-state index in [0.717, 1.165) is 17.5 Å². The van der Waals surface area contributed by atoms with Crippen LogP contribution < -0.4 is 0 Å². The van der Waals surface area contributed by atoms with Crippen molar-refractivity contribution < 1.29 is 5.11 Å². The van der Waals surface area contributed by atoms with E-state index in [2.05, 4.69) is 30.0 Å². The van der Waals surface area contributed by atoms with Gasteiger partial charge in [0.05, 0.1) is 11.6 Å². The van der Waals surface area contributed by atoms with E-state index in [-0.39, 0.29) is 5.92 Å². The third-order valence-corrected chi connectivity index (χ3v) is 5.18. The smallest absolute Gasteiger partial charge is 0.154 e. The molecule has 2 heteroatoms. The zero-order chi connectivity index (χ0) is 18.7. The molecule has 3 aromatic carbocycles. The highest BCUT2D eigenvalue weighted by Gasteiger charge is 2.52. The number of hydrogen-bond donors (Lipinski definition) is 1. The summed E-state index contributed by atoms with van der Waals surface area (Å²) < 4.78 is 0. The first-order chi connectivity index (χ1) is 13.2. The van der Waals surface area contributed by atoms with E-state index in [1.54, 1.807) is 12.1 Å². The van der Waals surface area contributed by atoms with Crippen molar-refractivity contribution in [2.45, 2.75) is 17.9 Å². The van der Waals surface area contributed by atoms with Crippen LogP contribution in [0, 0.1) is 29.1 Å². The maximum atomic E-state index is 11.6. The van der Waals surface area contributed by atoms with Gasteiger partial charge in [0.15, 0.2) is 5.60 Å². The predicted octanol–water partition coefficient (Wildman–Crippen LogP) is 4.60. The Morgan fingerprint density at radius 2 is 1.41 bits per heavy atom. The molecule has 0 heterocycles. The van der Waals surface area contributed by atoms with Crippen LogP contribution in [0.15, 0.2) is 84.9 Å². The van der Waals surface area contributed by atoms with Crippen molar-refractivity contribution in [2.24, 2.45) is 5.92 Å². The van der Waals surface area contributed by atoms with Crippen molar-refractivity contribution in [3.63, 3.8) is 0 Å². The van der Waals surface area contributed by atoms with Crippen LogP contribution in [0.25, 0.3) is 0 Å². The SMILES string of the molecule is N#Cc1ccc(C#CC(O)(c2ccccc2)C2CC2c2ccccc2)cc1. The molecule has 0 aromatic heterocycles. The lowest BCUT2D eigenvalue weighted by atomic mass is 9.87. The number of rotatable bonds is 3. The number of aliphatic hydroxyl groups is 1. The summed E-state index contributed by atoms with van der Waals surface area (Å²) >= 11 is 0. The zero-order valence-electron chi connectivity index (χ0n) is 14.8. The van der Waals surface area contributed by atoms with Gasteiger partial charge in [0.2, 0.25) is 0 Å². The Morgan fingerprint density at radius 3 is 2.04 bits per heavy atom. The lowest BCUT2D eigenvalue weighted by Gasteiger charge is -2.23. The van der Waals surface area contributed by atoms with E-state index in [0.29, 0.717) is 11.5 Å². The maximum Gasteiger partial charge on any atom is 0.154 e. The van der Waals surface area contributed by atoms with Crippen molar-refractivity contribution in [1.29, 1.82) is 5.26 Å². The Labute approximate surface area is 159 Å². The molecule has 0 amide bonds. The van der Waals surface area contributed by atoms with Crippen molar-refractivity contribution in [1.82, 2.24) is 0 Å². The van der Waals surface area contributed by atoms with E-state index >= 15 is 0 Å². The van der Waals surface area contributed by atoms with Gasteiger partial charge in [-0.15, -0.1) is 0 Å². The molecule has 4 rings (SSSR count). The van der Waals surface area contributed by atoms with Crippen molar-refractivity contribution >= 4 is 0 Å². The molecule has 0 saturated heterocycles. The Bertz CT molecular complexity index is 1020. The Hall–Kier alpha value is -3.33. The van der Waals surface area contributed by atoms with Gasteiger partial charge >= 0.3 is 0 Å². The van der Waals surface area contributed by atoms with E-state index < -0.39 is 5.60 Å². The van der Waals surface area contributed by atoms with Crippen LogP contribution in [0.4, 0.5) is 0 Å². The molecule has 1 N–H and O–H groups in total. The molecule has 1 aliphatic rings. The van der Waals surface area contributed by atoms with Gasteiger partial charge in [-0.1, -0.05) is 72.5 Å². The summed E-state index contributed by atoms with van der Waals surface area (Å²) in [6, 6.07) is 29.2. The number of nitrogens with zero attached hydrogens (tertiary/aromatic N) is 1. The first-order valence-corrected chi connectivity index (χ1v) is 9.07. The van der Waals surface area contributed by atoms with E-state index in [1.807, 2.05) is 60.7 Å². The van der Waals surface area contributed by atoms with Crippen LogP contribution >= 0.6 is 0 Å². The van der Waals surface area contributed by atoms with Crippen LogP contribution in [0.2, 0.25) is 0 Å². The molecule has 1 aliphatic carbocycles. The third kappa shape index (κ3) is 3.49. The van der Waals surface area contributed by atoms with E-state index in [9.17, 15) is 5.11 Å². The summed E-state index contributed by atoms with van der Waals surface area (Å²) in [5, 5.41) is 20.5. The molecule has 27 heavy (non-hydrogen) atoms. The van der Waals surface area contributed by atoms with Crippen LogP contribution in [0.3, 0.4) is 0 Å². The first-order valence-electron chi connectivity index (χ1n) is 9.07. The van der Waals surface area contributed by atoms with Crippen molar-refractivity contribution in [3.8, 4) is 17.9 Å². The normalized spacial score (nSPS) is 19.9. The van der Waals surface area contributed by atoms with E-state index in [1.165, 1.54) is 5.56 Å². The van der Waals surface area contributed by atoms with Crippen molar-refractivity contribution in [2.75, 3.05) is 0 Å². The molecule has 3 aromatic rings. The highest BCUT2D eigenvalue weighted by molar-refractivity contribution is 5.45. The van der Waals surface area contributed by atoms with Gasteiger partial charge in [0.1, 0.15) is 0 Å². The molecule has 2 nitrogen and oxygen atoms in total. The molecule has 1 saturated carbocycles. The Kier molecular flexibility index (Phi) is 4.51. The van der Waals surface area contributed by atoms with Crippen LogP contribution in [0.5, 0.6) is 0 Å². The minimum atomic E-state index is -1.20. The maximum absolute atomic E-state index is 11.6. The van der Waals surface area contributed by atoms with Crippen LogP contribution in [-0.4, -0.2) is 5.11 Å². The third-order valence-electron chi connectivity index (χ3n) is 5.18. The molecule has 0 bridgehead atoms. The summed E-state index contributed by atoms with van der Waals surface area (Å²) in [5.74, 6) is 6.64. The number of nitriles is 1. The molecule has 130 valence electrons. The summed E-state index contributed by atoms with van der Waals surface area (Å²) in [7, 11) is 0. The molecule has 3 atom stereocenters. The van der Waals surface area contributed by atoms with Gasteiger partial charge in [0, 0.05) is 11.5 Å². The largest absolute Gasteiger partial charge is 0.373 e. The first kappa shape index (κ1) is 17.1. The lowest BCUT2D eigenvalue weighted by Crippen LogP contribution is -2.27. The Balaban J connectivity index is 1.68. The fourth-order valence-electron chi connectivity index (χ4n) is 3.59. The number of benzene rings is 3. The molecule has 0 aliphatic heterocycles. The summed E-state index contributed by atoms with van der Waals surface area (Å²) in [4.78, 5) is 0. The molecule has 3 unspecified atom stereocenters. The molecule has 0 spiro atoms. The molecular formula is C25H19NO. The number of hydrogen-bond acceptors (Lipinski definition) is 2. The second kappa shape index (κ2) is 7.12. The highest BCUT2D eigenvalue weighted by atomic mass is 16.3. The van der Waals surface area contributed by atoms with Gasteiger partial charge in [-0.25, -0.2) is 0 Å². The highest BCUT2D eigenvalue weighted by Crippen LogP contribution is 2.56. The summed E-state index contributed by atoms with van der Waals surface area (Å²) in [5.41, 5.74) is 2.27. The van der Waals surface area contributed by atoms with Gasteiger partial charge in [-0.2, -0.15) is 5.26 Å². The van der Waals surface area contributed by atoms with Crippen LogP contribution in [-0.2, 0) is 5.60 Å². The average molecular weight is 349 g/mol. The second-order valence-corrected chi connectivity index (χ2v) is 6.93. The van der Waals surface area contributed by atoms with Gasteiger partial charge in [0.25, 0.3) is 0 Å². The van der Waals surface area contributed by atoms with Gasteiger partial charge in [-0.3, -0.25) is 0 Å². The average Bonchev–Trinajstić information content (AvgIpc) is 3.55. The molecule has 0 radical (unpaired) electrons. The standard InChI is InChI=1S/C25H19NO/c26-18-20-13-11-19(12-14-20)15-16-25(27,22-9-5-2-6-10-22)24-17-23(24)21-7-3-1-4-8-21/h1-14,23-24,27H,17H2. The summed E-state index contributed by atoms with van der Waals surface area (Å²) in [6.45, 7) is 0. The fraction of sp³-hybridized carbons (Fsp3) is 0.160. The minimum Gasteiger partial charge on any atom is -0.373 e. The predicted molar refractivity (Wildman–Crippen MR) is 106 cm³/mol. The van der Waals surface area contributed by atoms with E-state index in [4.69, 9.17) is 5.26 Å². The molecular weight excluding hydrogens is 330 g/mol. The van der Waals surface area contributed by atoms with Crippen LogP contribution in [0.1, 0.15) is 34.6 Å². The fourth-order valence-corrected chi connectivity index (χ4v) is 3.59. The zero-order valence-corrected chi connectivity index (χ0v) is 14.8. The Morgan fingerprint density at radius 1 is 0.815 bits per heavy atom.